The summed E-state index contributed by atoms with van der Waals surface area (Å²) in [5.74, 6) is 1.35. The lowest BCUT2D eigenvalue weighted by Crippen LogP contribution is -2.43. The summed E-state index contributed by atoms with van der Waals surface area (Å²) in [5, 5.41) is 7.84. The minimum absolute atomic E-state index is 0.0559. The Kier molecular flexibility index (Phi) is 7.62. The second kappa shape index (κ2) is 11.0. The van der Waals surface area contributed by atoms with Crippen LogP contribution in [0.3, 0.4) is 0 Å². The third-order valence-corrected chi connectivity index (χ3v) is 5.73. The number of rotatable bonds is 9. The molecule has 1 fully saturated rings. The molecule has 0 bridgehead atoms. The lowest BCUT2D eigenvalue weighted by molar-refractivity contribution is 0.0793. The second-order valence-corrected chi connectivity index (χ2v) is 8.10. The highest BCUT2D eigenvalue weighted by Gasteiger charge is 2.27. The van der Waals surface area contributed by atoms with Crippen LogP contribution in [0.5, 0.6) is 11.6 Å². The van der Waals surface area contributed by atoms with Crippen molar-refractivity contribution in [2.45, 2.75) is 45.8 Å². The molecule has 0 spiro atoms. The summed E-state index contributed by atoms with van der Waals surface area (Å²) in [6.45, 7) is 6.25. The van der Waals surface area contributed by atoms with Gasteiger partial charge in [0, 0.05) is 19.7 Å². The Morgan fingerprint density at radius 1 is 1.15 bits per heavy atom. The quantitative estimate of drug-likeness (QED) is 0.504. The SMILES string of the molecule is CCNC(=O)N(Cc1c(CC)nn(-c2ccccc2)c1Oc1ccccc1)C[C@@H]1CCCO1. The fourth-order valence-electron chi connectivity index (χ4n) is 4.08. The van der Waals surface area contributed by atoms with Crippen LogP contribution in [0, 0.1) is 0 Å². The molecule has 0 saturated carbocycles. The fourth-order valence-corrected chi connectivity index (χ4v) is 4.08. The molecule has 1 N–H and O–H groups in total. The number of amides is 2. The summed E-state index contributed by atoms with van der Waals surface area (Å²) in [5.41, 5.74) is 2.73. The van der Waals surface area contributed by atoms with Crippen molar-refractivity contribution in [3.8, 4) is 17.3 Å². The van der Waals surface area contributed by atoms with E-state index in [0.717, 1.165) is 48.6 Å². The van der Waals surface area contributed by atoms with Gasteiger partial charge in [-0.25, -0.2) is 9.48 Å². The first kappa shape index (κ1) is 22.9. The zero-order chi connectivity index (χ0) is 23.0. The lowest BCUT2D eigenvalue weighted by Gasteiger charge is -2.26. The molecule has 1 aliphatic heterocycles. The smallest absolute Gasteiger partial charge is 0.317 e. The van der Waals surface area contributed by atoms with Crippen molar-refractivity contribution in [2.75, 3.05) is 19.7 Å². The number of ether oxygens (including phenoxy) is 2. The molecule has 33 heavy (non-hydrogen) atoms. The van der Waals surface area contributed by atoms with Crippen molar-refractivity contribution in [2.24, 2.45) is 0 Å². The van der Waals surface area contributed by atoms with Gasteiger partial charge >= 0.3 is 6.03 Å². The molecule has 2 amide bonds. The van der Waals surface area contributed by atoms with Gasteiger partial charge in [-0.05, 0) is 50.5 Å². The number of aryl methyl sites for hydroxylation is 1. The maximum atomic E-state index is 13.0. The Labute approximate surface area is 195 Å². The predicted molar refractivity (Wildman–Crippen MR) is 128 cm³/mol. The average molecular weight is 449 g/mol. The normalized spacial score (nSPS) is 15.4. The van der Waals surface area contributed by atoms with E-state index in [1.165, 1.54) is 0 Å². The van der Waals surface area contributed by atoms with Crippen LogP contribution in [-0.4, -0.2) is 46.5 Å². The van der Waals surface area contributed by atoms with Gasteiger partial charge in [-0.1, -0.05) is 43.3 Å². The van der Waals surface area contributed by atoms with Gasteiger partial charge in [0.05, 0.1) is 29.6 Å². The van der Waals surface area contributed by atoms with Crippen molar-refractivity contribution >= 4 is 6.03 Å². The molecule has 2 aromatic carbocycles. The van der Waals surface area contributed by atoms with E-state index in [4.69, 9.17) is 14.6 Å². The Bertz CT molecular complexity index is 1030. The number of hydrogen-bond acceptors (Lipinski definition) is 4. The Morgan fingerprint density at radius 2 is 1.88 bits per heavy atom. The van der Waals surface area contributed by atoms with Crippen molar-refractivity contribution in [1.82, 2.24) is 20.0 Å². The molecule has 2 heterocycles. The zero-order valence-electron chi connectivity index (χ0n) is 19.4. The molecule has 7 nitrogen and oxygen atoms in total. The van der Waals surface area contributed by atoms with Gasteiger partial charge < -0.3 is 19.7 Å². The van der Waals surface area contributed by atoms with Gasteiger partial charge in [0.25, 0.3) is 0 Å². The second-order valence-electron chi connectivity index (χ2n) is 8.10. The van der Waals surface area contributed by atoms with Crippen LogP contribution in [-0.2, 0) is 17.7 Å². The van der Waals surface area contributed by atoms with Crippen LogP contribution < -0.4 is 10.1 Å². The van der Waals surface area contributed by atoms with Crippen LogP contribution in [0.4, 0.5) is 4.79 Å². The average Bonchev–Trinajstić information content (AvgIpc) is 3.48. The van der Waals surface area contributed by atoms with Gasteiger partial charge in [-0.2, -0.15) is 5.10 Å². The summed E-state index contributed by atoms with van der Waals surface area (Å²) in [6, 6.07) is 19.5. The number of nitrogens with zero attached hydrogens (tertiary/aromatic N) is 3. The van der Waals surface area contributed by atoms with E-state index in [1.54, 1.807) is 0 Å². The molecule has 174 valence electrons. The first-order valence-electron chi connectivity index (χ1n) is 11.7. The first-order chi connectivity index (χ1) is 16.2. The lowest BCUT2D eigenvalue weighted by atomic mass is 10.1. The molecule has 0 radical (unpaired) electrons. The Balaban J connectivity index is 1.74. The highest BCUT2D eigenvalue weighted by molar-refractivity contribution is 5.74. The standard InChI is InChI=1S/C26H32N4O3/c1-3-24-23(19-29(26(31)27-4-2)18-22-16-11-17-32-22)25(33-21-14-9-6-10-15-21)30(28-24)20-12-7-5-8-13-20/h5-10,12-15,22H,3-4,11,16-19H2,1-2H3,(H,27,31)/t22-/m0/s1. The number of aromatic nitrogens is 2. The summed E-state index contributed by atoms with van der Waals surface area (Å²) < 4.78 is 14.1. The molecular weight excluding hydrogens is 416 g/mol. The van der Waals surface area contributed by atoms with Crippen LogP contribution in [0.25, 0.3) is 5.69 Å². The molecule has 1 aromatic heterocycles. The third-order valence-electron chi connectivity index (χ3n) is 5.73. The number of carbonyl (C=O) groups is 1. The number of para-hydroxylation sites is 2. The molecule has 7 heteroatoms. The maximum absolute atomic E-state index is 13.0. The summed E-state index contributed by atoms with van der Waals surface area (Å²) >= 11 is 0. The van der Waals surface area contributed by atoms with Gasteiger partial charge in [-0.3, -0.25) is 0 Å². The van der Waals surface area contributed by atoms with Crippen LogP contribution in [0.1, 0.15) is 37.9 Å². The third kappa shape index (κ3) is 5.54. The first-order valence-corrected chi connectivity index (χ1v) is 11.7. The van der Waals surface area contributed by atoms with Gasteiger partial charge in [-0.15, -0.1) is 0 Å². The molecular formula is C26H32N4O3. The predicted octanol–water partition coefficient (Wildman–Crippen LogP) is 4.94. The molecule has 4 rings (SSSR count). The summed E-state index contributed by atoms with van der Waals surface area (Å²) in [7, 11) is 0. The van der Waals surface area contributed by atoms with E-state index < -0.39 is 0 Å². The molecule has 1 atom stereocenters. The molecule has 0 aliphatic carbocycles. The van der Waals surface area contributed by atoms with E-state index in [2.05, 4.69) is 12.2 Å². The van der Waals surface area contributed by atoms with Crippen molar-refractivity contribution in [3.63, 3.8) is 0 Å². The molecule has 3 aromatic rings. The maximum Gasteiger partial charge on any atom is 0.317 e. The van der Waals surface area contributed by atoms with E-state index >= 15 is 0 Å². The monoisotopic (exact) mass is 448 g/mol. The largest absolute Gasteiger partial charge is 0.439 e. The van der Waals surface area contributed by atoms with E-state index in [9.17, 15) is 4.79 Å². The topological polar surface area (TPSA) is 68.6 Å². The minimum Gasteiger partial charge on any atom is -0.439 e. The zero-order valence-corrected chi connectivity index (χ0v) is 19.4. The summed E-state index contributed by atoms with van der Waals surface area (Å²) in [4.78, 5) is 14.8. The van der Waals surface area contributed by atoms with Crippen molar-refractivity contribution < 1.29 is 14.3 Å². The highest BCUT2D eigenvalue weighted by Crippen LogP contribution is 2.32. The van der Waals surface area contributed by atoms with Gasteiger partial charge in [0.1, 0.15) is 5.75 Å². The van der Waals surface area contributed by atoms with Crippen molar-refractivity contribution in [3.05, 3.63) is 71.9 Å². The van der Waals surface area contributed by atoms with E-state index in [0.29, 0.717) is 25.5 Å². The number of carbonyl (C=O) groups excluding carboxylic acids is 1. The Morgan fingerprint density at radius 3 is 2.52 bits per heavy atom. The minimum atomic E-state index is -0.104. The Hall–Kier alpha value is -3.32. The van der Waals surface area contributed by atoms with Crippen LogP contribution in [0.15, 0.2) is 60.7 Å². The molecule has 1 saturated heterocycles. The number of benzene rings is 2. The number of nitrogens with one attached hydrogen (secondary N) is 1. The number of urea groups is 1. The van der Waals surface area contributed by atoms with Crippen molar-refractivity contribution in [1.29, 1.82) is 0 Å². The fraction of sp³-hybridized carbons (Fsp3) is 0.385. The van der Waals surface area contributed by atoms with E-state index in [-0.39, 0.29) is 12.1 Å². The number of hydrogen-bond donors (Lipinski definition) is 1. The summed E-state index contributed by atoms with van der Waals surface area (Å²) in [6.07, 6.45) is 2.78. The van der Waals surface area contributed by atoms with Gasteiger partial charge in [0.15, 0.2) is 0 Å². The highest BCUT2D eigenvalue weighted by atomic mass is 16.5. The molecule has 0 unspecified atom stereocenters. The van der Waals surface area contributed by atoms with E-state index in [1.807, 2.05) is 77.2 Å². The van der Waals surface area contributed by atoms with Gasteiger partial charge in [0.2, 0.25) is 5.88 Å². The van der Waals surface area contributed by atoms with Crippen LogP contribution in [0.2, 0.25) is 0 Å². The van der Waals surface area contributed by atoms with Crippen LogP contribution >= 0.6 is 0 Å². The molecule has 1 aliphatic rings.